The Bertz CT molecular complexity index is 1080. The highest BCUT2D eigenvalue weighted by molar-refractivity contribution is 5.76. The largest absolute Gasteiger partial charge is 0.466 e. The number of unbranched alkanes of at least 4 members (excludes halogenated alkanes) is 43. The van der Waals surface area contributed by atoms with Crippen LogP contribution in [0.3, 0.4) is 0 Å². The summed E-state index contributed by atoms with van der Waals surface area (Å²) in [5.41, 5.74) is 0. The van der Waals surface area contributed by atoms with Gasteiger partial charge in [-0.25, -0.2) is 0 Å². The molecule has 0 aliphatic carbocycles. The predicted octanol–water partition coefficient (Wildman–Crippen LogP) is 19.4. The maximum Gasteiger partial charge on any atom is 0.305 e. The fourth-order valence-electron chi connectivity index (χ4n) is 9.73. The van der Waals surface area contributed by atoms with Crippen LogP contribution in [0.25, 0.3) is 0 Å². The van der Waals surface area contributed by atoms with Gasteiger partial charge in [0.05, 0.1) is 25.4 Å². The maximum atomic E-state index is 12.5. The van der Waals surface area contributed by atoms with Gasteiger partial charge in [0.1, 0.15) is 0 Å². The Morgan fingerprint density at radius 1 is 0.406 bits per heavy atom. The van der Waals surface area contributed by atoms with E-state index in [2.05, 4.69) is 43.5 Å². The molecule has 0 aromatic heterocycles. The van der Waals surface area contributed by atoms with Crippen molar-refractivity contribution in [1.82, 2.24) is 5.32 Å². The molecule has 0 aliphatic heterocycles. The molecule has 6 heteroatoms. The van der Waals surface area contributed by atoms with Crippen molar-refractivity contribution in [2.75, 3.05) is 13.2 Å². The molecule has 0 aromatic rings. The summed E-state index contributed by atoms with van der Waals surface area (Å²) in [4.78, 5) is 24.5. The Morgan fingerprint density at radius 2 is 0.725 bits per heavy atom. The number of hydrogen-bond acceptors (Lipinski definition) is 5. The average Bonchev–Trinajstić information content (AvgIpc) is 3.35. The number of carbonyl (C=O) groups excluding carboxylic acids is 2. The van der Waals surface area contributed by atoms with Crippen LogP contribution in [0.1, 0.15) is 341 Å². The summed E-state index contributed by atoms with van der Waals surface area (Å²) in [6.45, 7) is 4.93. The van der Waals surface area contributed by atoms with E-state index in [0.717, 1.165) is 51.4 Å². The summed E-state index contributed by atoms with van der Waals surface area (Å²) in [5.74, 6) is -0.0300. The molecule has 0 saturated carbocycles. The van der Waals surface area contributed by atoms with E-state index in [1.807, 2.05) is 0 Å². The Hall–Kier alpha value is -1.66. The fourth-order valence-corrected chi connectivity index (χ4v) is 9.73. The van der Waals surface area contributed by atoms with Gasteiger partial charge in [0.25, 0.3) is 0 Å². The highest BCUT2D eigenvalue weighted by atomic mass is 16.5. The van der Waals surface area contributed by atoms with Gasteiger partial charge in [-0.15, -0.1) is 0 Å². The lowest BCUT2D eigenvalue weighted by Gasteiger charge is -2.22. The van der Waals surface area contributed by atoms with E-state index in [-0.39, 0.29) is 18.5 Å². The van der Waals surface area contributed by atoms with Gasteiger partial charge in [-0.05, 0) is 57.8 Å². The Labute approximate surface area is 431 Å². The quantitative estimate of drug-likeness (QED) is 0.0321. The Kier molecular flexibility index (Phi) is 57.5. The summed E-state index contributed by atoms with van der Waals surface area (Å²) >= 11 is 0. The molecular weight excluding hydrogens is 851 g/mol. The van der Waals surface area contributed by atoms with Crippen LogP contribution in [0.4, 0.5) is 0 Å². The molecule has 0 aliphatic rings. The van der Waals surface area contributed by atoms with Crippen molar-refractivity contribution < 1.29 is 24.5 Å². The molecule has 408 valence electrons. The van der Waals surface area contributed by atoms with Crippen LogP contribution in [0.2, 0.25) is 0 Å². The number of amides is 1. The van der Waals surface area contributed by atoms with Gasteiger partial charge in [0.2, 0.25) is 5.91 Å². The molecule has 69 heavy (non-hydrogen) atoms. The minimum Gasteiger partial charge on any atom is -0.466 e. The van der Waals surface area contributed by atoms with Crippen LogP contribution in [0.15, 0.2) is 24.3 Å². The van der Waals surface area contributed by atoms with Crippen LogP contribution in [0, 0.1) is 0 Å². The van der Waals surface area contributed by atoms with Gasteiger partial charge in [-0.1, -0.05) is 295 Å². The number of nitrogens with one attached hydrogen (secondary N) is 1. The molecule has 2 unspecified atom stereocenters. The highest BCUT2D eigenvalue weighted by Crippen LogP contribution is 2.18. The highest BCUT2D eigenvalue weighted by Gasteiger charge is 2.20. The monoisotopic (exact) mass is 972 g/mol. The SMILES string of the molecule is CCCCC/C=C\C/C=C\CCCCCCCC(=O)OCCCCCCCCCCCCCCCCCCCCCCCCCCCC(=O)NC(CO)C(O)CCCCCCCCCCCCCC. The first kappa shape index (κ1) is 67.3. The number of carbonyl (C=O) groups is 2. The maximum absolute atomic E-state index is 12.5. The third-order valence-electron chi connectivity index (χ3n) is 14.5. The Morgan fingerprint density at radius 3 is 1.13 bits per heavy atom. The third-order valence-corrected chi connectivity index (χ3v) is 14.5. The van der Waals surface area contributed by atoms with E-state index in [0.29, 0.717) is 25.9 Å². The van der Waals surface area contributed by atoms with Gasteiger partial charge >= 0.3 is 5.97 Å². The standard InChI is InChI=1S/C63H121NO5/c1-3-5-7-9-11-13-15-17-29-33-37-41-45-49-53-57-63(68)69-58-54-50-46-42-38-34-31-28-26-24-22-20-18-19-21-23-25-27-30-32-36-40-44-48-52-56-62(67)64-60(59-65)61(66)55-51-47-43-39-35-16-14-12-10-8-6-4-2/h11,13,17,29,60-61,65-66H,3-10,12,14-16,18-28,30-59H2,1-2H3,(H,64,67)/b13-11-,29-17-. The summed E-state index contributed by atoms with van der Waals surface area (Å²) in [7, 11) is 0. The first-order valence-electron chi connectivity index (χ1n) is 31.1. The van der Waals surface area contributed by atoms with Crippen molar-refractivity contribution in [3.8, 4) is 0 Å². The van der Waals surface area contributed by atoms with Crippen molar-refractivity contribution >= 4 is 11.9 Å². The molecule has 1 amide bonds. The van der Waals surface area contributed by atoms with Gasteiger partial charge in [-0.2, -0.15) is 0 Å². The number of ether oxygens (including phenoxy) is 1. The van der Waals surface area contributed by atoms with E-state index in [4.69, 9.17) is 4.74 Å². The third kappa shape index (κ3) is 55.5. The van der Waals surface area contributed by atoms with Crippen LogP contribution < -0.4 is 5.32 Å². The van der Waals surface area contributed by atoms with Gasteiger partial charge < -0.3 is 20.3 Å². The minimum absolute atomic E-state index is 0.00262. The van der Waals surface area contributed by atoms with Crippen LogP contribution in [0.5, 0.6) is 0 Å². The van der Waals surface area contributed by atoms with Crippen LogP contribution >= 0.6 is 0 Å². The first-order valence-corrected chi connectivity index (χ1v) is 31.1. The fraction of sp³-hybridized carbons (Fsp3) is 0.905. The van der Waals surface area contributed by atoms with Crippen LogP contribution in [-0.2, 0) is 14.3 Å². The molecule has 0 aromatic carbocycles. The molecule has 0 spiro atoms. The molecule has 0 saturated heterocycles. The molecule has 3 N–H and O–H groups in total. The lowest BCUT2D eigenvalue weighted by Crippen LogP contribution is -2.45. The zero-order valence-electron chi connectivity index (χ0n) is 46.6. The molecule has 2 atom stereocenters. The summed E-state index contributed by atoms with van der Waals surface area (Å²) in [6.07, 6.45) is 71.9. The number of hydrogen-bond donors (Lipinski definition) is 3. The second-order valence-corrected chi connectivity index (χ2v) is 21.4. The van der Waals surface area contributed by atoms with Crippen molar-refractivity contribution in [1.29, 1.82) is 0 Å². The average molecular weight is 973 g/mol. The zero-order chi connectivity index (χ0) is 50.0. The second-order valence-electron chi connectivity index (χ2n) is 21.4. The Balaban J connectivity index is 3.34. The second kappa shape index (κ2) is 58.9. The van der Waals surface area contributed by atoms with E-state index in [1.165, 1.54) is 257 Å². The minimum atomic E-state index is -0.661. The molecule has 6 nitrogen and oxygen atoms in total. The molecule has 0 radical (unpaired) electrons. The van der Waals surface area contributed by atoms with Crippen molar-refractivity contribution in [3.05, 3.63) is 24.3 Å². The number of allylic oxidation sites excluding steroid dienone is 4. The number of esters is 1. The smallest absolute Gasteiger partial charge is 0.305 e. The molecule has 0 bridgehead atoms. The van der Waals surface area contributed by atoms with Gasteiger partial charge in [0, 0.05) is 12.8 Å². The van der Waals surface area contributed by atoms with E-state index in [9.17, 15) is 19.8 Å². The molecule has 0 heterocycles. The van der Waals surface area contributed by atoms with Crippen molar-refractivity contribution in [3.63, 3.8) is 0 Å². The lowest BCUT2D eigenvalue weighted by atomic mass is 10.0. The molecular formula is C63H121NO5. The van der Waals surface area contributed by atoms with Gasteiger partial charge in [0.15, 0.2) is 0 Å². The topological polar surface area (TPSA) is 95.9 Å². The first-order chi connectivity index (χ1) is 34.0. The number of aliphatic hydroxyl groups excluding tert-OH is 2. The molecule has 0 fully saturated rings. The summed E-state index contributed by atoms with van der Waals surface area (Å²) < 4.78 is 5.48. The predicted molar refractivity (Wildman–Crippen MR) is 301 cm³/mol. The summed E-state index contributed by atoms with van der Waals surface area (Å²) in [5, 5.41) is 23.2. The zero-order valence-corrected chi connectivity index (χ0v) is 46.6. The number of rotatable bonds is 58. The van der Waals surface area contributed by atoms with E-state index >= 15 is 0 Å². The van der Waals surface area contributed by atoms with Gasteiger partial charge in [-0.3, -0.25) is 9.59 Å². The van der Waals surface area contributed by atoms with E-state index < -0.39 is 12.1 Å². The van der Waals surface area contributed by atoms with Crippen molar-refractivity contribution in [2.45, 2.75) is 353 Å². The lowest BCUT2D eigenvalue weighted by molar-refractivity contribution is -0.143. The summed E-state index contributed by atoms with van der Waals surface area (Å²) in [6, 6.07) is -0.539. The molecule has 0 rings (SSSR count). The van der Waals surface area contributed by atoms with Crippen molar-refractivity contribution in [2.24, 2.45) is 0 Å². The normalized spacial score (nSPS) is 12.7. The van der Waals surface area contributed by atoms with E-state index in [1.54, 1.807) is 0 Å². The van der Waals surface area contributed by atoms with Crippen LogP contribution in [-0.4, -0.2) is 47.4 Å². The number of aliphatic hydroxyl groups is 2.